The van der Waals surface area contributed by atoms with Crippen LogP contribution in [0, 0.1) is 0 Å². The van der Waals surface area contributed by atoms with Crippen LogP contribution in [0.25, 0.3) is 10.8 Å². The molecule has 0 amide bonds. The lowest BCUT2D eigenvalue weighted by atomic mass is 9.90. The van der Waals surface area contributed by atoms with Crippen LogP contribution in [0.3, 0.4) is 0 Å². The van der Waals surface area contributed by atoms with E-state index in [2.05, 4.69) is 5.09 Å². The van der Waals surface area contributed by atoms with Crippen LogP contribution in [0.5, 0.6) is 0 Å². The standard InChI is InChI=1S/C22H24NO4P/c1-16(19-13-7-11-18-10-5-6-12-20(18)19)14-21(22(24)25)23-28(26,27)15-17-8-3-2-4-9-17/h2-13,16,21H,14-15H2,1H3,(H,24,25)(H2,23,26,27). The summed E-state index contributed by atoms with van der Waals surface area (Å²) in [4.78, 5) is 22.1. The third-order valence-electron chi connectivity index (χ3n) is 4.84. The SMILES string of the molecule is CC(CC(NP(=O)(O)Cc1ccccc1)C(=O)O)c1cccc2ccccc12. The van der Waals surface area contributed by atoms with Gasteiger partial charge in [-0.2, -0.15) is 0 Å². The van der Waals surface area contributed by atoms with Crippen LogP contribution in [-0.2, 0) is 15.5 Å². The van der Waals surface area contributed by atoms with Gasteiger partial charge in [-0.15, -0.1) is 0 Å². The second-order valence-corrected chi connectivity index (χ2v) is 9.05. The van der Waals surface area contributed by atoms with Crippen LogP contribution in [-0.4, -0.2) is 22.0 Å². The van der Waals surface area contributed by atoms with Gasteiger partial charge in [-0.25, -0.2) is 5.09 Å². The highest BCUT2D eigenvalue weighted by Crippen LogP contribution is 2.41. The minimum absolute atomic E-state index is 0.101. The van der Waals surface area contributed by atoms with Crippen LogP contribution in [0.1, 0.15) is 30.4 Å². The number of aliphatic carboxylic acids is 1. The molecule has 0 fully saturated rings. The Labute approximate surface area is 164 Å². The quantitative estimate of drug-likeness (QED) is 0.477. The van der Waals surface area contributed by atoms with Gasteiger partial charge in [0.15, 0.2) is 0 Å². The van der Waals surface area contributed by atoms with E-state index in [1.165, 1.54) is 0 Å². The van der Waals surface area contributed by atoms with E-state index >= 15 is 0 Å². The lowest BCUT2D eigenvalue weighted by Crippen LogP contribution is -2.36. The molecule has 0 aliphatic rings. The summed E-state index contributed by atoms with van der Waals surface area (Å²) >= 11 is 0. The Morgan fingerprint density at radius 3 is 2.36 bits per heavy atom. The fourth-order valence-corrected chi connectivity index (χ4v) is 4.99. The van der Waals surface area contributed by atoms with Gasteiger partial charge in [0.05, 0.1) is 6.16 Å². The number of benzene rings is 3. The Morgan fingerprint density at radius 2 is 1.64 bits per heavy atom. The molecule has 0 aromatic heterocycles. The Kier molecular flexibility index (Phi) is 6.30. The van der Waals surface area contributed by atoms with Gasteiger partial charge in [0, 0.05) is 0 Å². The van der Waals surface area contributed by atoms with E-state index in [-0.39, 0.29) is 18.5 Å². The molecule has 6 heteroatoms. The Morgan fingerprint density at radius 1 is 1.00 bits per heavy atom. The molecule has 0 bridgehead atoms. The van der Waals surface area contributed by atoms with Crippen molar-refractivity contribution in [2.45, 2.75) is 31.5 Å². The molecule has 0 aliphatic carbocycles. The molecular weight excluding hydrogens is 373 g/mol. The average Bonchev–Trinajstić information content (AvgIpc) is 2.67. The fraction of sp³-hybridized carbons (Fsp3) is 0.227. The lowest BCUT2D eigenvalue weighted by molar-refractivity contribution is -0.139. The van der Waals surface area contributed by atoms with Crippen LogP contribution in [0.2, 0.25) is 0 Å². The minimum atomic E-state index is -3.85. The molecule has 0 aliphatic heterocycles. The van der Waals surface area contributed by atoms with Crippen LogP contribution < -0.4 is 5.09 Å². The molecule has 3 N–H and O–H groups in total. The molecule has 0 saturated carbocycles. The van der Waals surface area contributed by atoms with Gasteiger partial charge in [0.25, 0.3) is 7.52 Å². The van der Waals surface area contributed by atoms with Crippen molar-refractivity contribution < 1.29 is 19.4 Å². The first-order chi connectivity index (χ1) is 13.4. The summed E-state index contributed by atoms with van der Waals surface area (Å²) in [6.45, 7) is 1.94. The molecule has 5 nitrogen and oxygen atoms in total. The van der Waals surface area contributed by atoms with Gasteiger partial charge in [-0.1, -0.05) is 79.7 Å². The minimum Gasteiger partial charge on any atom is -0.480 e. The first-order valence-corrected chi connectivity index (χ1v) is 11.0. The van der Waals surface area contributed by atoms with Gasteiger partial charge >= 0.3 is 5.97 Å². The van der Waals surface area contributed by atoms with Crippen LogP contribution >= 0.6 is 7.52 Å². The number of carboxylic acid groups (broad SMARTS) is 1. The largest absolute Gasteiger partial charge is 0.480 e. The zero-order chi connectivity index (χ0) is 20.1. The maximum Gasteiger partial charge on any atom is 0.321 e. The molecule has 146 valence electrons. The predicted molar refractivity (Wildman–Crippen MR) is 112 cm³/mol. The van der Waals surface area contributed by atoms with E-state index in [0.29, 0.717) is 5.56 Å². The van der Waals surface area contributed by atoms with Crippen molar-refractivity contribution in [1.29, 1.82) is 0 Å². The van der Waals surface area contributed by atoms with Crippen molar-refractivity contribution in [3.05, 3.63) is 83.9 Å². The molecule has 0 heterocycles. The van der Waals surface area contributed by atoms with Crippen LogP contribution in [0.4, 0.5) is 0 Å². The lowest BCUT2D eigenvalue weighted by Gasteiger charge is -2.23. The fourth-order valence-electron chi connectivity index (χ4n) is 3.49. The maximum atomic E-state index is 12.6. The molecule has 0 saturated heterocycles. The Bertz CT molecular complexity index is 1000. The van der Waals surface area contributed by atoms with E-state index in [9.17, 15) is 19.4 Å². The first kappa shape index (κ1) is 20.3. The molecule has 0 spiro atoms. The van der Waals surface area contributed by atoms with Crippen molar-refractivity contribution >= 4 is 24.3 Å². The van der Waals surface area contributed by atoms with Crippen molar-refractivity contribution in [2.24, 2.45) is 0 Å². The molecule has 28 heavy (non-hydrogen) atoms. The molecule has 3 atom stereocenters. The highest BCUT2D eigenvalue weighted by atomic mass is 31.2. The number of hydrogen-bond donors (Lipinski definition) is 3. The summed E-state index contributed by atoms with van der Waals surface area (Å²) in [5.41, 5.74) is 1.72. The second kappa shape index (κ2) is 8.70. The van der Waals surface area contributed by atoms with E-state index in [1.54, 1.807) is 24.3 Å². The zero-order valence-electron chi connectivity index (χ0n) is 15.7. The van der Waals surface area contributed by atoms with Gasteiger partial charge in [-0.05, 0) is 34.2 Å². The van der Waals surface area contributed by atoms with Crippen molar-refractivity contribution in [3.8, 4) is 0 Å². The summed E-state index contributed by atoms with van der Waals surface area (Å²) in [6.07, 6.45) is 0.100. The summed E-state index contributed by atoms with van der Waals surface area (Å²) < 4.78 is 12.6. The maximum absolute atomic E-state index is 12.6. The molecule has 3 aromatic carbocycles. The monoisotopic (exact) mass is 397 g/mol. The summed E-state index contributed by atoms with van der Waals surface area (Å²) in [6, 6.07) is 21.7. The van der Waals surface area contributed by atoms with Crippen molar-refractivity contribution in [3.63, 3.8) is 0 Å². The number of hydrogen-bond acceptors (Lipinski definition) is 2. The highest BCUT2D eigenvalue weighted by molar-refractivity contribution is 7.55. The normalized spacial score (nSPS) is 15.6. The average molecular weight is 397 g/mol. The number of fused-ring (bicyclic) bond motifs is 1. The molecular formula is C22H24NO4P. The van der Waals surface area contributed by atoms with E-state index in [0.717, 1.165) is 16.3 Å². The third kappa shape index (κ3) is 5.08. The van der Waals surface area contributed by atoms with Gasteiger partial charge < -0.3 is 10.00 Å². The van der Waals surface area contributed by atoms with Gasteiger partial charge in [0.2, 0.25) is 0 Å². The number of rotatable bonds is 8. The molecule has 3 rings (SSSR count). The topological polar surface area (TPSA) is 86.6 Å². The van der Waals surface area contributed by atoms with E-state index < -0.39 is 19.5 Å². The number of carboxylic acids is 1. The van der Waals surface area contributed by atoms with Crippen molar-refractivity contribution in [2.75, 3.05) is 0 Å². The van der Waals surface area contributed by atoms with E-state index in [1.807, 2.05) is 55.5 Å². The van der Waals surface area contributed by atoms with Gasteiger partial charge in [-0.3, -0.25) is 9.36 Å². The number of nitrogens with one attached hydrogen (secondary N) is 1. The summed E-state index contributed by atoms with van der Waals surface area (Å²) in [5.74, 6) is -1.23. The molecule has 3 aromatic rings. The number of carbonyl (C=O) groups is 1. The highest BCUT2D eigenvalue weighted by Gasteiger charge is 2.29. The smallest absolute Gasteiger partial charge is 0.321 e. The predicted octanol–water partition coefficient (Wildman–Crippen LogP) is 4.76. The molecule has 3 unspecified atom stereocenters. The zero-order valence-corrected chi connectivity index (χ0v) is 16.5. The summed E-state index contributed by atoms with van der Waals surface area (Å²) in [5, 5.41) is 14.3. The Hall–Kier alpha value is -2.46. The third-order valence-corrected chi connectivity index (χ3v) is 6.35. The van der Waals surface area contributed by atoms with E-state index in [4.69, 9.17) is 0 Å². The second-order valence-electron chi connectivity index (χ2n) is 7.07. The first-order valence-electron chi connectivity index (χ1n) is 9.20. The molecule has 0 radical (unpaired) electrons. The van der Waals surface area contributed by atoms with Gasteiger partial charge in [0.1, 0.15) is 6.04 Å². The summed E-state index contributed by atoms with van der Waals surface area (Å²) in [7, 11) is -3.85. The van der Waals surface area contributed by atoms with Crippen molar-refractivity contribution in [1.82, 2.24) is 5.09 Å². The van der Waals surface area contributed by atoms with Crippen LogP contribution in [0.15, 0.2) is 72.8 Å². The Balaban J connectivity index is 1.77.